The molecular formula is C20H32O8. The topological polar surface area (TPSA) is 104 Å². The predicted octanol–water partition coefficient (Wildman–Crippen LogP) is 1.84. The molecule has 1 rings (SSSR count). The lowest BCUT2D eigenvalue weighted by molar-refractivity contribution is -0.137. The van der Waals surface area contributed by atoms with Gasteiger partial charge in [0.05, 0.1) is 52.9 Å². The van der Waals surface area contributed by atoms with Gasteiger partial charge in [-0.15, -0.1) is 0 Å². The second kappa shape index (κ2) is 17.5. The Morgan fingerprint density at radius 3 is 1.93 bits per heavy atom. The van der Waals surface area contributed by atoms with E-state index in [1.807, 2.05) is 30.3 Å². The predicted molar refractivity (Wildman–Crippen MR) is 102 cm³/mol. The van der Waals surface area contributed by atoms with Gasteiger partial charge in [-0.3, -0.25) is 4.79 Å². The normalized spacial score (nSPS) is 12.2. The molecule has 2 N–H and O–H groups in total. The average molecular weight is 400 g/mol. The summed E-state index contributed by atoms with van der Waals surface area (Å²) in [5.74, 6) is -0.812. The lowest BCUT2D eigenvalue weighted by Crippen LogP contribution is -2.16. The molecule has 8 nitrogen and oxygen atoms in total. The molecule has 0 fully saturated rings. The number of hydrogen-bond donors (Lipinski definition) is 2. The van der Waals surface area contributed by atoms with Crippen LogP contribution in [0.3, 0.4) is 0 Å². The zero-order valence-corrected chi connectivity index (χ0v) is 16.3. The first-order chi connectivity index (χ1) is 13.7. The molecule has 0 bridgehead atoms. The third-order valence-corrected chi connectivity index (χ3v) is 3.59. The van der Waals surface area contributed by atoms with Crippen LogP contribution >= 0.6 is 0 Å². The molecule has 28 heavy (non-hydrogen) atoms. The van der Waals surface area contributed by atoms with E-state index in [1.165, 1.54) is 0 Å². The van der Waals surface area contributed by atoms with Crippen molar-refractivity contribution in [3.63, 3.8) is 0 Å². The van der Waals surface area contributed by atoms with Crippen molar-refractivity contribution in [1.29, 1.82) is 0 Å². The van der Waals surface area contributed by atoms with Gasteiger partial charge < -0.3 is 33.9 Å². The van der Waals surface area contributed by atoms with Crippen LogP contribution in [0.25, 0.3) is 0 Å². The van der Waals surface area contributed by atoms with E-state index in [2.05, 4.69) is 0 Å². The van der Waals surface area contributed by atoms with Crippen LogP contribution < -0.4 is 0 Å². The number of ether oxygens (including phenoxy) is 5. The fourth-order valence-corrected chi connectivity index (χ4v) is 2.12. The number of aliphatic hydroxyl groups is 1. The van der Waals surface area contributed by atoms with Gasteiger partial charge in [0, 0.05) is 19.4 Å². The first kappa shape index (κ1) is 24.5. The molecule has 0 radical (unpaired) electrons. The van der Waals surface area contributed by atoms with Crippen molar-refractivity contribution in [1.82, 2.24) is 0 Å². The van der Waals surface area contributed by atoms with Gasteiger partial charge in [-0.25, -0.2) is 0 Å². The number of aliphatic carboxylic acids is 1. The number of aliphatic hydroxyl groups excluding tert-OH is 1. The van der Waals surface area contributed by atoms with Gasteiger partial charge in [0.1, 0.15) is 0 Å². The minimum atomic E-state index is -0.846. The van der Waals surface area contributed by atoms with Crippen molar-refractivity contribution in [3.05, 3.63) is 35.9 Å². The van der Waals surface area contributed by atoms with E-state index in [4.69, 9.17) is 28.8 Å². The van der Waals surface area contributed by atoms with Gasteiger partial charge >= 0.3 is 5.97 Å². The second-order valence-electron chi connectivity index (χ2n) is 5.99. The summed E-state index contributed by atoms with van der Waals surface area (Å²) in [6, 6.07) is 9.68. The summed E-state index contributed by atoms with van der Waals surface area (Å²) in [6.07, 6.45) is 0.189. The summed E-state index contributed by atoms with van der Waals surface area (Å²) in [5, 5.41) is 18.2. The highest BCUT2D eigenvalue weighted by atomic mass is 16.6. The lowest BCUT2D eigenvalue weighted by Gasteiger charge is -2.12. The third kappa shape index (κ3) is 15.5. The first-order valence-corrected chi connectivity index (χ1v) is 9.55. The number of hydrogen-bond acceptors (Lipinski definition) is 7. The van der Waals surface area contributed by atoms with Crippen LogP contribution in [0.5, 0.6) is 0 Å². The minimum Gasteiger partial charge on any atom is -0.481 e. The van der Waals surface area contributed by atoms with Crippen LogP contribution in [-0.4, -0.2) is 75.3 Å². The molecular weight excluding hydrogens is 368 g/mol. The minimum absolute atomic E-state index is 0.121. The molecule has 0 amide bonds. The van der Waals surface area contributed by atoms with Crippen molar-refractivity contribution in [2.75, 3.05) is 52.9 Å². The van der Waals surface area contributed by atoms with Crippen LogP contribution in [0, 0.1) is 0 Å². The quantitative estimate of drug-likeness (QED) is 0.268. The molecule has 0 aliphatic rings. The SMILES string of the molecule is O=C(O)CCCOCCOCCOCCOCCC(O)OCc1ccccc1. The van der Waals surface area contributed by atoms with Crippen molar-refractivity contribution < 1.29 is 38.7 Å². The van der Waals surface area contributed by atoms with Gasteiger partial charge in [-0.05, 0) is 12.0 Å². The average Bonchev–Trinajstić information content (AvgIpc) is 2.70. The Morgan fingerprint density at radius 2 is 1.36 bits per heavy atom. The van der Waals surface area contributed by atoms with Gasteiger partial charge in [0.2, 0.25) is 0 Å². The summed E-state index contributed by atoms with van der Waals surface area (Å²) in [4.78, 5) is 10.3. The number of carboxylic acid groups (broad SMARTS) is 1. The molecule has 1 unspecified atom stereocenters. The molecule has 1 aromatic rings. The Hall–Kier alpha value is -1.55. The Labute approximate surface area is 166 Å². The van der Waals surface area contributed by atoms with E-state index in [0.717, 1.165) is 5.56 Å². The highest BCUT2D eigenvalue weighted by Gasteiger charge is 2.04. The maximum Gasteiger partial charge on any atom is 0.303 e. The Bertz CT molecular complexity index is 482. The number of carbonyl (C=O) groups is 1. The maximum atomic E-state index is 10.3. The van der Waals surface area contributed by atoms with E-state index < -0.39 is 12.3 Å². The van der Waals surface area contributed by atoms with Crippen LogP contribution in [0.2, 0.25) is 0 Å². The molecule has 160 valence electrons. The lowest BCUT2D eigenvalue weighted by atomic mass is 10.2. The Balaban J connectivity index is 1.76. The van der Waals surface area contributed by atoms with E-state index in [1.54, 1.807) is 0 Å². The molecule has 0 aliphatic carbocycles. The fourth-order valence-electron chi connectivity index (χ4n) is 2.12. The van der Waals surface area contributed by atoms with Gasteiger partial charge in [0.15, 0.2) is 6.29 Å². The molecule has 0 spiro atoms. The van der Waals surface area contributed by atoms with Gasteiger partial charge in [-0.2, -0.15) is 0 Å². The van der Waals surface area contributed by atoms with Crippen LogP contribution in [0.1, 0.15) is 24.8 Å². The first-order valence-electron chi connectivity index (χ1n) is 9.55. The summed E-state index contributed by atoms with van der Waals surface area (Å²) in [7, 11) is 0. The maximum absolute atomic E-state index is 10.3. The third-order valence-electron chi connectivity index (χ3n) is 3.59. The van der Waals surface area contributed by atoms with Gasteiger partial charge in [0.25, 0.3) is 0 Å². The summed E-state index contributed by atoms with van der Waals surface area (Å²) in [6.45, 7) is 3.91. The molecule has 8 heteroatoms. The van der Waals surface area contributed by atoms with E-state index >= 15 is 0 Å². The Morgan fingerprint density at radius 1 is 0.821 bits per heavy atom. The number of rotatable bonds is 19. The van der Waals surface area contributed by atoms with Crippen molar-refractivity contribution in [2.24, 2.45) is 0 Å². The molecule has 0 aliphatic heterocycles. The molecule has 0 saturated carbocycles. The monoisotopic (exact) mass is 400 g/mol. The zero-order chi connectivity index (χ0) is 20.3. The van der Waals surface area contributed by atoms with Crippen LogP contribution in [-0.2, 0) is 35.1 Å². The van der Waals surface area contributed by atoms with Crippen molar-refractivity contribution in [2.45, 2.75) is 32.2 Å². The molecule has 1 atom stereocenters. The van der Waals surface area contributed by atoms with Crippen molar-refractivity contribution >= 4 is 5.97 Å². The summed E-state index contributed by atoms with van der Waals surface area (Å²) >= 11 is 0. The Kier molecular flexibility index (Phi) is 15.3. The van der Waals surface area contributed by atoms with E-state index in [9.17, 15) is 9.90 Å². The zero-order valence-electron chi connectivity index (χ0n) is 16.3. The van der Waals surface area contributed by atoms with Crippen LogP contribution in [0.4, 0.5) is 0 Å². The molecule has 0 saturated heterocycles. The smallest absolute Gasteiger partial charge is 0.303 e. The van der Waals surface area contributed by atoms with E-state index in [0.29, 0.717) is 72.3 Å². The van der Waals surface area contributed by atoms with Crippen molar-refractivity contribution in [3.8, 4) is 0 Å². The van der Waals surface area contributed by atoms with E-state index in [-0.39, 0.29) is 6.42 Å². The van der Waals surface area contributed by atoms with Crippen LogP contribution in [0.15, 0.2) is 30.3 Å². The number of benzene rings is 1. The second-order valence-corrected chi connectivity index (χ2v) is 5.99. The standard InChI is InChI=1S/C20H32O8/c21-19(22)7-4-9-24-11-13-26-15-16-27-14-12-25-10-8-20(23)28-17-18-5-2-1-3-6-18/h1-3,5-6,20,23H,4,7-17H2,(H,21,22). The highest BCUT2D eigenvalue weighted by molar-refractivity contribution is 5.66. The molecule has 0 aromatic heterocycles. The fraction of sp³-hybridized carbons (Fsp3) is 0.650. The molecule has 0 heterocycles. The van der Waals surface area contributed by atoms with Gasteiger partial charge in [-0.1, -0.05) is 30.3 Å². The number of carboxylic acids is 1. The largest absolute Gasteiger partial charge is 0.481 e. The summed E-state index contributed by atoms with van der Waals surface area (Å²) in [5.41, 5.74) is 1.02. The molecule has 1 aromatic carbocycles. The summed E-state index contributed by atoms with van der Waals surface area (Å²) < 4.78 is 26.7. The highest BCUT2D eigenvalue weighted by Crippen LogP contribution is 2.04.